The number of phosphoric ester groups is 1. The fourth-order valence-electron chi connectivity index (χ4n) is 2.36. The minimum Gasteiger partial charge on any atom is -0.395 e. The second-order valence-electron chi connectivity index (χ2n) is 6.68. The first kappa shape index (κ1) is 21.0. The largest absolute Gasteiger partial charge is 0.588 e. The van der Waals surface area contributed by atoms with Crippen LogP contribution in [0.2, 0.25) is 0 Å². The van der Waals surface area contributed by atoms with E-state index in [9.17, 15) is 4.57 Å². The Labute approximate surface area is 162 Å². The molecular formula is C22H27O4P. The van der Waals surface area contributed by atoms with Crippen molar-refractivity contribution in [2.45, 2.75) is 39.2 Å². The van der Waals surface area contributed by atoms with Gasteiger partial charge in [-0.3, -0.25) is 4.52 Å². The van der Waals surface area contributed by atoms with Gasteiger partial charge in [0.05, 0.1) is 5.60 Å². The average molecular weight is 386 g/mol. The molecule has 0 N–H and O–H groups in total. The summed E-state index contributed by atoms with van der Waals surface area (Å²) in [6, 6.07) is 17.7. The Morgan fingerprint density at radius 2 is 1.48 bits per heavy atom. The minimum absolute atomic E-state index is 0.410. The van der Waals surface area contributed by atoms with Gasteiger partial charge in [0, 0.05) is 0 Å². The van der Waals surface area contributed by atoms with Gasteiger partial charge in [-0.15, -0.1) is 6.58 Å². The molecule has 2 aromatic rings. The zero-order valence-electron chi connectivity index (χ0n) is 16.1. The lowest BCUT2D eigenvalue weighted by atomic mass is 10.00. The van der Waals surface area contributed by atoms with Crippen LogP contribution in [-0.2, 0) is 9.09 Å². The summed E-state index contributed by atoms with van der Waals surface area (Å²) in [7, 11) is -3.96. The number of hydrogen-bond donors (Lipinski definition) is 0. The molecule has 0 saturated carbocycles. The first-order valence-corrected chi connectivity index (χ1v) is 10.4. The normalized spacial score (nSPS) is 13.3. The molecule has 2 aromatic carbocycles. The SMILES string of the molecule is C=CC(C)(CCC=C(C)C)OP(=O)(Oc1ccccc1)Oc1ccccc1. The maximum absolute atomic E-state index is 13.5. The highest BCUT2D eigenvalue weighted by Gasteiger charge is 2.39. The van der Waals surface area contributed by atoms with Crippen LogP contribution in [0.1, 0.15) is 33.6 Å². The molecule has 0 amide bonds. The molecular weight excluding hydrogens is 359 g/mol. The second-order valence-corrected chi connectivity index (χ2v) is 8.13. The van der Waals surface area contributed by atoms with Crippen LogP contribution in [-0.4, -0.2) is 5.60 Å². The van der Waals surface area contributed by atoms with Crippen LogP contribution < -0.4 is 9.05 Å². The molecule has 1 unspecified atom stereocenters. The van der Waals surface area contributed by atoms with Crippen molar-refractivity contribution in [3.63, 3.8) is 0 Å². The number of phosphoric acid groups is 1. The van der Waals surface area contributed by atoms with Gasteiger partial charge in [0.2, 0.25) is 0 Å². The summed E-state index contributed by atoms with van der Waals surface area (Å²) < 4.78 is 30.8. The molecule has 0 spiro atoms. The Hall–Kier alpha value is -2.29. The van der Waals surface area contributed by atoms with Crippen molar-refractivity contribution < 1.29 is 18.1 Å². The summed E-state index contributed by atoms with van der Waals surface area (Å²) in [5, 5.41) is 0. The maximum Gasteiger partial charge on any atom is 0.588 e. The molecule has 0 saturated heterocycles. The third kappa shape index (κ3) is 7.09. The molecule has 0 aliphatic carbocycles. The maximum atomic E-state index is 13.5. The number of allylic oxidation sites excluding steroid dienone is 2. The van der Waals surface area contributed by atoms with Gasteiger partial charge in [-0.2, -0.15) is 0 Å². The minimum atomic E-state index is -3.96. The predicted octanol–water partition coefficient (Wildman–Crippen LogP) is 6.96. The van der Waals surface area contributed by atoms with E-state index in [1.54, 1.807) is 54.6 Å². The molecule has 5 heteroatoms. The van der Waals surface area contributed by atoms with E-state index in [0.717, 1.165) is 6.42 Å². The zero-order chi connectivity index (χ0) is 19.8. The lowest BCUT2D eigenvalue weighted by Crippen LogP contribution is -2.26. The summed E-state index contributed by atoms with van der Waals surface area (Å²) in [5.41, 5.74) is 0.344. The summed E-state index contributed by atoms with van der Waals surface area (Å²) in [5.74, 6) is 0.819. The van der Waals surface area contributed by atoms with E-state index in [2.05, 4.69) is 12.7 Å². The number of benzene rings is 2. The van der Waals surface area contributed by atoms with Gasteiger partial charge in [-0.1, -0.05) is 54.1 Å². The van der Waals surface area contributed by atoms with Crippen molar-refractivity contribution in [3.05, 3.63) is 85.0 Å². The van der Waals surface area contributed by atoms with E-state index in [1.165, 1.54) is 5.57 Å². The Morgan fingerprint density at radius 3 is 1.89 bits per heavy atom. The van der Waals surface area contributed by atoms with Crippen LogP contribution in [0.5, 0.6) is 11.5 Å². The van der Waals surface area contributed by atoms with Gasteiger partial charge in [0.1, 0.15) is 11.5 Å². The lowest BCUT2D eigenvalue weighted by molar-refractivity contribution is 0.0897. The summed E-state index contributed by atoms with van der Waals surface area (Å²) in [4.78, 5) is 0. The molecule has 27 heavy (non-hydrogen) atoms. The quantitative estimate of drug-likeness (QED) is 0.327. The van der Waals surface area contributed by atoms with Crippen LogP contribution >= 0.6 is 7.82 Å². The van der Waals surface area contributed by atoms with Crippen molar-refractivity contribution >= 4 is 7.82 Å². The van der Waals surface area contributed by atoms with E-state index < -0.39 is 13.4 Å². The molecule has 0 aromatic heterocycles. The average Bonchev–Trinajstić information content (AvgIpc) is 2.62. The van der Waals surface area contributed by atoms with Crippen molar-refractivity contribution in [3.8, 4) is 11.5 Å². The van der Waals surface area contributed by atoms with E-state index in [1.807, 2.05) is 32.9 Å². The highest BCUT2D eigenvalue weighted by molar-refractivity contribution is 7.49. The van der Waals surface area contributed by atoms with Gasteiger partial charge < -0.3 is 9.05 Å². The lowest BCUT2D eigenvalue weighted by Gasteiger charge is -2.29. The number of rotatable bonds is 10. The number of para-hydroxylation sites is 2. The molecule has 0 radical (unpaired) electrons. The molecule has 4 nitrogen and oxygen atoms in total. The fourth-order valence-corrected chi connectivity index (χ4v) is 3.91. The molecule has 144 valence electrons. The van der Waals surface area contributed by atoms with Gasteiger partial charge in [0.25, 0.3) is 0 Å². The number of hydrogen-bond acceptors (Lipinski definition) is 4. The van der Waals surface area contributed by atoms with E-state index >= 15 is 0 Å². The summed E-state index contributed by atoms with van der Waals surface area (Å²) in [6.07, 6.45) is 5.11. The van der Waals surface area contributed by atoms with Crippen molar-refractivity contribution in [2.24, 2.45) is 0 Å². The Kier molecular flexibility index (Phi) is 7.46. The Morgan fingerprint density at radius 1 is 1.00 bits per heavy atom. The van der Waals surface area contributed by atoms with Crippen LogP contribution in [0.25, 0.3) is 0 Å². The summed E-state index contributed by atoms with van der Waals surface area (Å²) >= 11 is 0. The van der Waals surface area contributed by atoms with Gasteiger partial charge >= 0.3 is 7.82 Å². The first-order valence-electron chi connectivity index (χ1n) is 8.91. The zero-order valence-corrected chi connectivity index (χ0v) is 17.0. The van der Waals surface area contributed by atoms with Crippen molar-refractivity contribution in [1.82, 2.24) is 0 Å². The standard InChI is InChI=1S/C22H27O4P/c1-5-22(4,18-12-13-19(2)3)26-27(23,24-20-14-8-6-9-15-20)25-21-16-10-7-11-17-21/h5-11,13-17H,1,12,18H2,2-4H3. The third-order valence-corrected chi connectivity index (χ3v) is 5.38. The van der Waals surface area contributed by atoms with Gasteiger partial charge in [0.15, 0.2) is 0 Å². The van der Waals surface area contributed by atoms with Crippen LogP contribution in [0.3, 0.4) is 0 Å². The highest BCUT2D eigenvalue weighted by Crippen LogP contribution is 2.53. The molecule has 0 aliphatic rings. The van der Waals surface area contributed by atoms with Crippen molar-refractivity contribution in [2.75, 3.05) is 0 Å². The van der Waals surface area contributed by atoms with Crippen LogP contribution in [0, 0.1) is 0 Å². The highest BCUT2D eigenvalue weighted by atomic mass is 31.2. The molecule has 0 bridgehead atoms. The molecule has 0 aliphatic heterocycles. The summed E-state index contributed by atoms with van der Waals surface area (Å²) in [6.45, 7) is 9.75. The van der Waals surface area contributed by atoms with E-state index in [-0.39, 0.29) is 0 Å². The topological polar surface area (TPSA) is 44.8 Å². The van der Waals surface area contributed by atoms with Crippen LogP contribution in [0.15, 0.2) is 85.0 Å². The van der Waals surface area contributed by atoms with Crippen molar-refractivity contribution in [1.29, 1.82) is 0 Å². The van der Waals surface area contributed by atoms with E-state index in [4.69, 9.17) is 13.6 Å². The van der Waals surface area contributed by atoms with Gasteiger partial charge in [-0.05, 0) is 57.9 Å². The molecule has 0 fully saturated rings. The molecule has 0 heterocycles. The molecule has 2 rings (SSSR count). The monoisotopic (exact) mass is 386 g/mol. The van der Waals surface area contributed by atoms with E-state index in [0.29, 0.717) is 17.9 Å². The fraction of sp³-hybridized carbons (Fsp3) is 0.273. The Bertz CT molecular complexity index is 752. The predicted molar refractivity (Wildman–Crippen MR) is 110 cm³/mol. The van der Waals surface area contributed by atoms with Gasteiger partial charge in [-0.25, -0.2) is 4.57 Å². The molecule has 1 atom stereocenters. The smallest absolute Gasteiger partial charge is 0.395 e. The van der Waals surface area contributed by atoms with Crippen LogP contribution in [0.4, 0.5) is 0 Å². The first-order chi connectivity index (χ1) is 12.8. The third-order valence-electron chi connectivity index (χ3n) is 3.87. The second kappa shape index (κ2) is 9.59. The Balaban J connectivity index is 2.25.